The van der Waals surface area contributed by atoms with E-state index >= 15 is 0 Å². The second-order valence-electron chi connectivity index (χ2n) is 4.42. The van der Waals surface area contributed by atoms with Crippen molar-refractivity contribution >= 4 is 33.8 Å². The first-order valence-electron chi connectivity index (χ1n) is 5.92. The Morgan fingerprint density at radius 3 is 2.70 bits per heavy atom. The van der Waals surface area contributed by atoms with E-state index in [0.717, 1.165) is 15.7 Å². The van der Waals surface area contributed by atoms with Crippen LogP contribution < -0.4 is 16.2 Å². The number of aromatic nitrogens is 3. The Hall–Kier alpha value is -2.09. The Labute approximate surface area is 125 Å². The molecule has 0 spiro atoms. The molecule has 1 aromatic heterocycles. The molecule has 20 heavy (non-hydrogen) atoms. The van der Waals surface area contributed by atoms with Gasteiger partial charge in [-0.05, 0) is 40.5 Å². The molecule has 0 unspecified atom stereocenters. The number of nitrogens with one attached hydrogen (secondary N) is 1. The summed E-state index contributed by atoms with van der Waals surface area (Å²) in [6, 6.07) is 5.98. The first kappa shape index (κ1) is 14.3. The number of hydrogen-bond acceptors (Lipinski definition) is 6. The quantitative estimate of drug-likeness (QED) is 0.502. The van der Waals surface area contributed by atoms with Gasteiger partial charge in [0.25, 0.3) is 5.95 Å². The van der Waals surface area contributed by atoms with E-state index in [1.54, 1.807) is 13.1 Å². The van der Waals surface area contributed by atoms with Crippen molar-refractivity contribution in [3.05, 3.63) is 34.1 Å². The third-order valence-electron chi connectivity index (χ3n) is 2.70. The highest BCUT2D eigenvalue weighted by atomic mass is 79.9. The minimum atomic E-state index is 0.391. The van der Waals surface area contributed by atoms with Crippen LogP contribution in [0.2, 0.25) is 0 Å². The summed E-state index contributed by atoms with van der Waals surface area (Å²) in [5.74, 6) is 6.70. The summed E-state index contributed by atoms with van der Waals surface area (Å²) in [6.07, 6.45) is 1.69. The molecule has 0 saturated heterocycles. The number of rotatable bonds is 4. The fourth-order valence-corrected chi connectivity index (χ4v) is 2.33. The lowest BCUT2D eigenvalue weighted by Gasteiger charge is -2.14. The van der Waals surface area contributed by atoms with Crippen LogP contribution in [0, 0.1) is 6.92 Å². The largest absolute Gasteiger partial charge is 0.377 e. The number of nitrogens with zero attached hydrogens (tertiary/aromatic N) is 5. The van der Waals surface area contributed by atoms with E-state index in [-0.39, 0.29) is 0 Å². The van der Waals surface area contributed by atoms with Crippen molar-refractivity contribution in [3.8, 4) is 0 Å². The van der Waals surface area contributed by atoms with Gasteiger partial charge in [-0.3, -0.25) is 0 Å². The van der Waals surface area contributed by atoms with Crippen molar-refractivity contribution in [2.45, 2.75) is 6.92 Å². The van der Waals surface area contributed by atoms with Crippen molar-refractivity contribution in [2.24, 2.45) is 5.10 Å². The fourth-order valence-electron chi connectivity index (χ4n) is 1.58. The lowest BCUT2D eigenvalue weighted by atomic mass is 10.2. The van der Waals surface area contributed by atoms with Crippen molar-refractivity contribution in [2.75, 3.05) is 30.3 Å². The molecule has 106 valence electrons. The van der Waals surface area contributed by atoms with E-state index < -0.39 is 0 Å². The molecule has 1 aromatic carbocycles. The van der Waals surface area contributed by atoms with Gasteiger partial charge in [0.05, 0.1) is 11.9 Å². The van der Waals surface area contributed by atoms with Gasteiger partial charge in [-0.1, -0.05) is 6.07 Å². The topological polar surface area (TPSA) is 84.4 Å². The molecule has 0 aliphatic rings. The van der Waals surface area contributed by atoms with Crippen LogP contribution in [0.5, 0.6) is 0 Å². The van der Waals surface area contributed by atoms with Crippen LogP contribution in [-0.4, -0.2) is 35.2 Å². The van der Waals surface area contributed by atoms with Crippen LogP contribution in [0.3, 0.4) is 0 Å². The van der Waals surface area contributed by atoms with Gasteiger partial charge < -0.3 is 10.7 Å². The maximum atomic E-state index is 5.70. The van der Waals surface area contributed by atoms with Crippen LogP contribution in [0.25, 0.3) is 0 Å². The number of aryl methyl sites for hydroxylation is 1. The molecule has 3 N–H and O–H groups in total. The number of nitrogens with two attached hydrogens (primary N) is 1. The fraction of sp³-hybridized carbons (Fsp3) is 0.250. The van der Waals surface area contributed by atoms with Gasteiger partial charge in [-0.15, -0.1) is 10.2 Å². The average Bonchev–Trinajstić information content (AvgIpc) is 2.70. The molecule has 0 radical (unpaired) electrons. The first-order valence-corrected chi connectivity index (χ1v) is 6.71. The Morgan fingerprint density at radius 2 is 2.15 bits per heavy atom. The van der Waals surface area contributed by atoms with E-state index in [1.807, 2.05) is 37.2 Å². The van der Waals surface area contributed by atoms with Gasteiger partial charge in [0.1, 0.15) is 0 Å². The lowest BCUT2D eigenvalue weighted by Crippen LogP contribution is -2.13. The molecule has 2 rings (SSSR count). The van der Waals surface area contributed by atoms with Crippen molar-refractivity contribution in [1.82, 2.24) is 14.9 Å². The van der Waals surface area contributed by atoms with Gasteiger partial charge in [0.2, 0.25) is 0 Å². The highest BCUT2D eigenvalue weighted by molar-refractivity contribution is 9.10. The van der Waals surface area contributed by atoms with Crippen LogP contribution in [-0.2, 0) is 0 Å². The normalized spacial score (nSPS) is 11.0. The second kappa shape index (κ2) is 5.91. The predicted molar refractivity (Wildman–Crippen MR) is 84.6 cm³/mol. The summed E-state index contributed by atoms with van der Waals surface area (Å²) in [6.45, 7) is 1.76. The van der Waals surface area contributed by atoms with Crippen molar-refractivity contribution < 1.29 is 0 Å². The second-order valence-corrected chi connectivity index (χ2v) is 5.27. The predicted octanol–water partition coefficient (Wildman–Crippen LogP) is 1.57. The van der Waals surface area contributed by atoms with Gasteiger partial charge in [-0.2, -0.15) is 5.10 Å². The zero-order valence-electron chi connectivity index (χ0n) is 11.5. The highest BCUT2D eigenvalue weighted by Gasteiger charge is 2.04. The zero-order valence-corrected chi connectivity index (χ0v) is 13.1. The van der Waals surface area contributed by atoms with E-state index in [0.29, 0.717) is 11.8 Å². The minimum Gasteiger partial charge on any atom is -0.377 e. The Morgan fingerprint density at radius 1 is 1.40 bits per heavy atom. The first-order chi connectivity index (χ1) is 9.49. The summed E-state index contributed by atoms with van der Waals surface area (Å²) < 4.78 is 2.34. The molecule has 0 saturated carbocycles. The maximum absolute atomic E-state index is 5.70. The van der Waals surface area contributed by atoms with Crippen LogP contribution in [0.15, 0.2) is 27.8 Å². The number of benzene rings is 1. The molecule has 2 aromatic rings. The molecule has 0 atom stereocenters. The number of anilines is 2. The van der Waals surface area contributed by atoms with Crippen molar-refractivity contribution in [1.29, 1.82) is 0 Å². The molecule has 0 fully saturated rings. The van der Waals surface area contributed by atoms with E-state index in [2.05, 4.69) is 36.7 Å². The third kappa shape index (κ3) is 3.08. The van der Waals surface area contributed by atoms with E-state index in [9.17, 15) is 0 Å². The number of nitrogen functional groups attached to an aromatic ring is 1. The van der Waals surface area contributed by atoms with E-state index in [1.165, 1.54) is 4.68 Å². The SMILES string of the molecule is Cc1nnc(N/N=C/c2ccc(N(C)C)c(Br)c2)n1N. The summed E-state index contributed by atoms with van der Waals surface area (Å²) in [5.41, 5.74) is 4.80. The lowest BCUT2D eigenvalue weighted by molar-refractivity contribution is 0.926. The highest BCUT2D eigenvalue weighted by Crippen LogP contribution is 2.25. The summed E-state index contributed by atoms with van der Waals surface area (Å²) in [7, 11) is 3.98. The Kier molecular flexibility index (Phi) is 4.23. The molecule has 0 amide bonds. The molecule has 1 heterocycles. The van der Waals surface area contributed by atoms with Crippen LogP contribution in [0.1, 0.15) is 11.4 Å². The number of hydrogen-bond donors (Lipinski definition) is 2. The van der Waals surface area contributed by atoms with Gasteiger partial charge >= 0.3 is 0 Å². The summed E-state index contributed by atoms with van der Waals surface area (Å²) in [5, 5.41) is 11.8. The van der Waals surface area contributed by atoms with Crippen LogP contribution >= 0.6 is 15.9 Å². The molecule has 0 aliphatic heterocycles. The summed E-state index contributed by atoms with van der Waals surface area (Å²) >= 11 is 3.53. The monoisotopic (exact) mass is 337 g/mol. The zero-order chi connectivity index (χ0) is 14.7. The maximum Gasteiger partial charge on any atom is 0.263 e. The van der Waals surface area contributed by atoms with Crippen molar-refractivity contribution in [3.63, 3.8) is 0 Å². The smallest absolute Gasteiger partial charge is 0.263 e. The van der Waals surface area contributed by atoms with Crippen LogP contribution in [0.4, 0.5) is 11.6 Å². The average molecular weight is 338 g/mol. The molecule has 7 nitrogen and oxygen atoms in total. The molecule has 0 bridgehead atoms. The number of hydrazone groups is 1. The number of halogens is 1. The Balaban J connectivity index is 2.08. The summed E-state index contributed by atoms with van der Waals surface area (Å²) in [4.78, 5) is 2.03. The molecule has 0 aliphatic carbocycles. The minimum absolute atomic E-state index is 0.391. The molecular formula is C12H16BrN7. The molecule has 8 heteroatoms. The van der Waals surface area contributed by atoms with Gasteiger partial charge in [0, 0.05) is 18.6 Å². The Bertz CT molecular complexity index is 633. The van der Waals surface area contributed by atoms with Gasteiger partial charge in [-0.25, -0.2) is 10.1 Å². The molecular weight excluding hydrogens is 322 g/mol. The third-order valence-corrected chi connectivity index (χ3v) is 3.33. The van der Waals surface area contributed by atoms with Gasteiger partial charge in [0.15, 0.2) is 5.82 Å². The standard InChI is InChI=1S/C12H16BrN7/c1-8-16-18-12(20(8)14)17-15-7-9-4-5-11(19(2)3)10(13)6-9/h4-7H,14H2,1-3H3,(H,17,18)/b15-7+. The van der Waals surface area contributed by atoms with E-state index in [4.69, 9.17) is 5.84 Å².